The number of rotatable bonds is 4. The molecule has 128 valence electrons. The van der Waals surface area contributed by atoms with Gasteiger partial charge in [-0.05, 0) is 23.1 Å². The van der Waals surface area contributed by atoms with Crippen LogP contribution in [0.4, 0.5) is 0 Å². The number of benzene rings is 2. The first-order chi connectivity index (χ1) is 12.0. The molecule has 4 atom stereocenters. The van der Waals surface area contributed by atoms with Crippen molar-refractivity contribution in [1.29, 1.82) is 0 Å². The molecule has 2 aromatic carbocycles. The van der Waals surface area contributed by atoms with Crippen LogP contribution in [0.15, 0.2) is 66.7 Å². The molecule has 1 fully saturated rings. The van der Waals surface area contributed by atoms with Gasteiger partial charge < -0.3 is 9.84 Å². The maximum atomic E-state index is 13.4. The second kappa shape index (κ2) is 5.94. The highest BCUT2D eigenvalue weighted by atomic mass is 16.5. The summed E-state index contributed by atoms with van der Waals surface area (Å²) in [6.45, 7) is 4.18. The van der Waals surface area contributed by atoms with Gasteiger partial charge in [0.05, 0.1) is 12.0 Å². The molecule has 4 rings (SSSR count). The van der Waals surface area contributed by atoms with Crippen molar-refractivity contribution in [3.05, 3.63) is 83.4 Å². The lowest BCUT2D eigenvalue weighted by Gasteiger charge is -2.33. The van der Waals surface area contributed by atoms with Gasteiger partial charge in [0.15, 0.2) is 11.4 Å². The largest absolute Gasteiger partial charge is 0.378 e. The Morgan fingerprint density at radius 1 is 1.08 bits per heavy atom. The maximum Gasteiger partial charge on any atom is 0.198 e. The molecule has 1 N–H and O–H groups in total. The third-order valence-electron chi connectivity index (χ3n) is 5.35. The van der Waals surface area contributed by atoms with Crippen LogP contribution in [0.5, 0.6) is 0 Å². The number of Topliss-reactive ketones (excluding diaryl/α,β-unsaturated/α-hetero) is 1. The smallest absolute Gasteiger partial charge is 0.198 e. The Kier molecular flexibility index (Phi) is 3.86. The van der Waals surface area contributed by atoms with Crippen LogP contribution in [0.25, 0.3) is 0 Å². The Morgan fingerprint density at radius 2 is 1.84 bits per heavy atom. The molecule has 25 heavy (non-hydrogen) atoms. The monoisotopic (exact) mass is 334 g/mol. The van der Waals surface area contributed by atoms with Crippen LogP contribution in [-0.4, -0.2) is 28.7 Å². The van der Waals surface area contributed by atoms with E-state index in [9.17, 15) is 9.90 Å². The van der Waals surface area contributed by atoms with Crippen LogP contribution in [0.2, 0.25) is 0 Å². The van der Waals surface area contributed by atoms with Crippen LogP contribution in [0.3, 0.4) is 0 Å². The minimum absolute atomic E-state index is 0.263. The third-order valence-corrected chi connectivity index (χ3v) is 5.35. The van der Waals surface area contributed by atoms with Crippen molar-refractivity contribution in [3.8, 4) is 0 Å². The molecule has 4 unspecified atom stereocenters. The summed E-state index contributed by atoms with van der Waals surface area (Å²) < 4.78 is 5.89. The van der Waals surface area contributed by atoms with Crippen molar-refractivity contribution < 1.29 is 14.6 Å². The molecule has 1 saturated heterocycles. The van der Waals surface area contributed by atoms with Crippen molar-refractivity contribution >= 4 is 5.78 Å². The first-order valence-corrected chi connectivity index (χ1v) is 8.77. The van der Waals surface area contributed by atoms with E-state index < -0.39 is 11.7 Å². The van der Waals surface area contributed by atoms with E-state index in [0.717, 1.165) is 11.1 Å². The van der Waals surface area contributed by atoms with Gasteiger partial charge in [-0.1, -0.05) is 74.5 Å². The van der Waals surface area contributed by atoms with Crippen molar-refractivity contribution in [2.24, 2.45) is 0 Å². The molecule has 2 aliphatic rings. The number of aliphatic hydroxyl groups is 1. The number of carbonyl (C=O) groups excluding carboxylic acids is 1. The second-order valence-corrected chi connectivity index (χ2v) is 7.23. The number of hydrogen-bond acceptors (Lipinski definition) is 3. The van der Waals surface area contributed by atoms with Gasteiger partial charge in [0.1, 0.15) is 6.10 Å². The lowest BCUT2D eigenvalue weighted by atomic mass is 9.71. The molecule has 2 aliphatic heterocycles. The minimum atomic E-state index is -1.57. The Bertz CT molecular complexity index is 824. The lowest BCUT2D eigenvalue weighted by molar-refractivity contribution is -0.00400. The molecular weight excluding hydrogens is 312 g/mol. The van der Waals surface area contributed by atoms with Gasteiger partial charge in [0.2, 0.25) is 0 Å². The first kappa shape index (κ1) is 16.2. The van der Waals surface area contributed by atoms with E-state index >= 15 is 0 Å². The summed E-state index contributed by atoms with van der Waals surface area (Å²) in [7, 11) is 0. The lowest BCUT2D eigenvalue weighted by Crippen LogP contribution is -2.51. The molecule has 2 heterocycles. The molecule has 0 amide bonds. The van der Waals surface area contributed by atoms with Gasteiger partial charge in [-0.2, -0.15) is 0 Å². The predicted molar refractivity (Wildman–Crippen MR) is 96.8 cm³/mol. The van der Waals surface area contributed by atoms with Crippen molar-refractivity contribution in [2.75, 3.05) is 0 Å². The highest BCUT2D eigenvalue weighted by Gasteiger charge is 2.61. The van der Waals surface area contributed by atoms with E-state index in [1.807, 2.05) is 60.7 Å². The number of carbonyl (C=O) groups is 1. The van der Waals surface area contributed by atoms with Crippen molar-refractivity contribution in [3.63, 3.8) is 0 Å². The Hall–Kier alpha value is -2.23. The number of ether oxygens (including phenoxy) is 1. The van der Waals surface area contributed by atoms with Crippen molar-refractivity contribution in [2.45, 2.75) is 43.5 Å². The molecule has 0 spiro atoms. The maximum absolute atomic E-state index is 13.4. The minimum Gasteiger partial charge on any atom is -0.378 e. The van der Waals surface area contributed by atoms with Crippen LogP contribution in [-0.2, 0) is 4.74 Å². The van der Waals surface area contributed by atoms with Crippen LogP contribution < -0.4 is 0 Å². The van der Waals surface area contributed by atoms with Gasteiger partial charge >= 0.3 is 0 Å². The standard InChI is InChI=1S/C22H22O3/c1-14(2)16-9-6-10-17(13-16)21(23)22(24)19-12-11-18(25-19)20(22)15-7-4-3-5-8-15/h3-14,18-20,24H,1-2H3. The fourth-order valence-electron chi connectivity index (χ4n) is 3.98. The average molecular weight is 334 g/mol. The van der Waals surface area contributed by atoms with Gasteiger partial charge in [0, 0.05) is 5.56 Å². The summed E-state index contributed by atoms with van der Waals surface area (Å²) >= 11 is 0. The van der Waals surface area contributed by atoms with Gasteiger partial charge in [-0.15, -0.1) is 0 Å². The van der Waals surface area contributed by atoms with Crippen LogP contribution >= 0.6 is 0 Å². The number of ketones is 1. The quantitative estimate of drug-likeness (QED) is 0.682. The summed E-state index contributed by atoms with van der Waals surface area (Å²) in [5.74, 6) is -0.330. The zero-order chi connectivity index (χ0) is 17.6. The molecule has 0 saturated carbocycles. The summed E-state index contributed by atoms with van der Waals surface area (Å²) in [5, 5.41) is 11.5. The molecule has 2 aromatic rings. The second-order valence-electron chi connectivity index (χ2n) is 7.23. The number of hydrogen-bond donors (Lipinski definition) is 1. The Balaban J connectivity index is 1.78. The van der Waals surface area contributed by atoms with Gasteiger partial charge in [-0.3, -0.25) is 4.79 Å². The molecule has 0 aliphatic carbocycles. The zero-order valence-electron chi connectivity index (χ0n) is 14.4. The number of fused-ring (bicyclic) bond motifs is 2. The van der Waals surface area contributed by atoms with Gasteiger partial charge in [-0.25, -0.2) is 0 Å². The van der Waals surface area contributed by atoms with E-state index in [4.69, 9.17) is 4.74 Å². The fourth-order valence-corrected chi connectivity index (χ4v) is 3.98. The normalized spacial score (nSPS) is 30.2. The third kappa shape index (κ3) is 2.46. The highest BCUT2D eigenvalue weighted by molar-refractivity contribution is 6.04. The van der Waals surface area contributed by atoms with E-state index in [0.29, 0.717) is 11.5 Å². The van der Waals surface area contributed by atoms with Crippen LogP contribution in [0.1, 0.15) is 47.2 Å². The predicted octanol–water partition coefficient (Wildman–Crippen LogP) is 3.84. The molecule has 2 bridgehead atoms. The van der Waals surface area contributed by atoms with E-state index in [1.54, 1.807) is 6.07 Å². The van der Waals surface area contributed by atoms with E-state index in [1.165, 1.54) is 0 Å². The SMILES string of the molecule is CC(C)c1cccc(C(=O)C2(O)C3C=CC(O3)C2c2ccccc2)c1. The Labute approximate surface area is 148 Å². The highest BCUT2D eigenvalue weighted by Crippen LogP contribution is 2.49. The van der Waals surface area contributed by atoms with Crippen molar-refractivity contribution in [1.82, 2.24) is 0 Å². The summed E-state index contributed by atoms with van der Waals surface area (Å²) in [6, 6.07) is 17.2. The van der Waals surface area contributed by atoms with Crippen LogP contribution in [0, 0.1) is 0 Å². The Morgan fingerprint density at radius 3 is 2.56 bits per heavy atom. The topological polar surface area (TPSA) is 46.5 Å². The fraction of sp³-hybridized carbons (Fsp3) is 0.318. The molecule has 3 nitrogen and oxygen atoms in total. The van der Waals surface area contributed by atoms with Gasteiger partial charge in [0.25, 0.3) is 0 Å². The summed E-state index contributed by atoms with van der Waals surface area (Å²) in [5.41, 5.74) is 0.982. The molecule has 3 heteroatoms. The molecular formula is C22H22O3. The summed E-state index contributed by atoms with van der Waals surface area (Å²) in [6.07, 6.45) is 2.90. The zero-order valence-corrected chi connectivity index (χ0v) is 14.4. The van der Waals surface area contributed by atoms with E-state index in [2.05, 4.69) is 13.8 Å². The molecule has 0 aromatic heterocycles. The molecule has 0 radical (unpaired) electrons. The summed E-state index contributed by atoms with van der Waals surface area (Å²) in [4.78, 5) is 13.4. The first-order valence-electron chi connectivity index (χ1n) is 8.77. The van der Waals surface area contributed by atoms with E-state index in [-0.39, 0.29) is 17.8 Å². The average Bonchev–Trinajstić information content (AvgIpc) is 3.22.